The number of nitrogens with zero attached hydrogens (tertiary/aromatic N) is 1. The third-order valence-electron chi connectivity index (χ3n) is 4.31. The molecule has 0 saturated carbocycles. The molecule has 1 aliphatic heterocycles. The van der Waals surface area contributed by atoms with Crippen LogP contribution in [-0.2, 0) is 9.31 Å². The van der Waals surface area contributed by atoms with Gasteiger partial charge < -0.3 is 14.3 Å². The van der Waals surface area contributed by atoms with Gasteiger partial charge in [-0.1, -0.05) is 0 Å². The van der Waals surface area contributed by atoms with Crippen molar-refractivity contribution in [2.24, 2.45) is 0 Å². The Morgan fingerprint density at radius 3 is 2.24 bits per heavy atom. The van der Waals surface area contributed by atoms with Gasteiger partial charge >= 0.3 is 7.12 Å². The second kappa shape index (κ2) is 4.27. The number of aromatic amines is 1. The van der Waals surface area contributed by atoms with E-state index in [0.29, 0.717) is 11.3 Å². The molecule has 1 saturated heterocycles. The van der Waals surface area contributed by atoms with Crippen molar-refractivity contribution < 1.29 is 18.1 Å². The highest BCUT2D eigenvalue weighted by atomic mass is 19.2. The van der Waals surface area contributed by atoms with E-state index in [1.807, 2.05) is 27.7 Å². The molecule has 0 amide bonds. The standard InChI is InChI=1S/C14H17BF2N2O2/c1-7-18-9-6-8(10(16)11(17)12(9)19-7)15-20-13(2,3)14(4,5)21-15/h6H,1-5H3,(H,18,19). The van der Waals surface area contributed by atoms with E-state index < -0.39 is 30.0 Å². The zero-order valence-electron chi connectivity index (χ0n) is 12.7. The molecule has 0 aliphatic carbocycles. The average Bonchev–Trinajstić information content (AvgIpc) is 2.82. The first-order chi connectivity index (χ1) is 9.62. The SMILES string of the molecule is Cc1nc2c(F)c(F)c(B3OC(C)(C)C(C)(C)O3)cc2[nH]1. The zero-order valence-corrected chi connectivity index (χ0v) is 12.7. The molecule has 0 unspecified atom stereocenters. The van der Waals surface area contributed by atoms with Gasteiger partial charge in [-0.2, -0.15) is 0 Å². The van der Waals surface area contributed by atoms with Crippen molar-refractivity contribution in [3.05, 3.63) is 23.5 Å². The summed E-state index contributed by atoms with van der Waals surface area (Å²) in [5.74, 6) is -1.44. The van der Waals surface area contributed by atoms with Crippen molar-refractivity contribution in [3.63, 3.8) is 0 Å². The fourth-order valence-electron chi connectivity index (χ4n) is 2.37. The molecule has 1 aromatic heterocycles. The number of hydrogen-bond donors (Lipinski definition) is 1. The lowest BCUT2D eigenvalue weighted by molar-refractivity contribution is 0.00578. The summed E-state index contributed by atoms with van der Waals surface area (Å²) in [5.41, 5.74) is -0.762. The molecule has 1 aromatic carbocycles. The van der Waals surface area contributed by atoms with Crippen molar-refractivity contribution >= 4 is 23.6 Å². The van der Waals surface area contributed by atoms with Gasteiger partial charge in [0.2, 0.25) is 0 Å². The lowest BCUT2D eigenvalue weighted by Crippen LogP contribution is -2.41. The van der Waals surface area contributed by atoms with Crippen molar-refractivity contribution in [1.82, 2.24) is 9.97 Å². The molecule has 7 heteroatoms. The predicted octanol–water partition coefficient (Wildman–Crippen LogP) is 2.45. The van der Waals surface area contributed by atoms with E-state index in [1.165, 1.54) is 6.07 Å². The van der Waals surface area contributed by atoms with Gasteiger partial charge in [-0.05, 0) is 40.7 Å². The first-order valence-electron chi connectivity index (χ1n) is 6.82. The Morgan fingerprint density at radius 1 is 1.10 bits per heavy atom. The summed E-state index contributed by atoms with van der Waals surface area (Å²) >= 11 is 0. The minimum Gasteiger partial charge on any atom is -0.399 e. The largest absolute Gasteiger partial charge is 0.498 e. The van der Waals surface area contributed by atoms with Gasteiger partial charge in [0, 0.05) is 5.46 Å². The average molecular weight is 294 g/mol. The van der Waals surface area contributed by atoms with Gasteiger partial charge in [0.05, 0.1) is 16.7 Å². The van der Waals surface area contributed by atoms with Gasteiger partial charge in [0.25, 0.3) is 0 Å². The Bertz CT molecular complexity index is 711. The normalized spacial score (nSPS) is 20.4. The third kappa shape index (κ3) is 2.07. The fourth-order valence-corrected chi connectivity index (χ4v) is 2.37. The van der Waals surface area contributed by atoms with Crippen LogP contribution in [0.3, 0.4) is 0 Å². The Balaban J connectivity index is 2.12. The van der Waals surface area contributed by atoms with Crippen LogP contribution in [0.15, 0.2) is 6.07 Å². The van der Waals surface area contributed by atoms with Crippen LogP contribution < -0.4 is 5.46 Å². The molecule has 3 rings (SSSR count). The number of fused-ring (bicyclic) bond motifs is 1. The van der Waals surface area contributed by atoms with E-state index in [4.69, 9.17) is 9.31 Å². The van der Waals surface area contributed by atoms with Crippen LogP contribution in [0.2, 0.25) is 0 Å². The fraction of sp³-hybridized carbons (Fsp3) is 0.500. The first kappa shape index (κ1) is 14.5. The molecule has 21 heavy (non-hydrogen) atoms. The van der Waals surface area contributed by atoms with E-state index in [9.17, 15) is 8.78 Å². The van der Waals surface area contributed by atoms with Crippen LogP contribution in [0.25, 0.3) is 11.0 Å². The summed E-state index contributed by atoms with van der Waals surface area (Å²) in [6, 6.07) is 1.50. The Morgan fingerprint density at radius 2 is 1.67 bits per heavy atom. The number of aryl methyl sites for hydroxylation is 1. The zero-order chi connectivity index (χ0) is 15.6. The molecule has 0 spiro atoms. The third-order valence-corrected chi connectivity index (χ3v) is 4.31. The van der Waals surface area contributed by atoms with Gasteiger partial charge in [-0.25, -0.2) is 13.8 Å². The van der Waals surface area contributed by atoms with E-state index in [2.05, 4.69) is 9.97 Å². The molecule has 2 heterocycles. The minimum absolute atomic E-state index is 0.00901. The maximum atomic E-state index is 14.3. The van der Waals surface area contributed by atoms with Crippen LogP contribution in [0.5, 0.6) is 0 Å². The number of hydrogen-bond acceptors (Lipinski definition) is 3. The molecule has 0 radical (unpaired) electrons. The number of aromatic nitrogens is 2. The van der Waals surface area contributed by atoms with Gasteiger partial charge in [0.1, 0.15) is 11.3 Å². The summed E-state index contributed by atoms with van der Waals surface area (Å²) in [5, 5.41) is 0. The lowest BCUT2D eigenvalue weighted by Gasteiger charge is -2.32. The summed E-state index contributed by atoms with van der Waals surface area (Å²) in [6.07, 6.45) is 0. The van der Waals surface area contributed by atoms with Crippen molar-refractivity contribution in [2.45, 2.75) is 45.8 Å². The molecule has 1 N–H and O–H groups in total. The van der Waals surface area contributed by atoms with E-state index in [0.717, 1.165) is 0 Å². The molecule has 1 fully saturated rings. The Hall–Kier alpha value is -1.47. The summed E-state index contributed by atoms with van der Waals surface area (Å²) in [6.45, 7) is 9.13. The number of imidazole rings is 1. The van der Waals surface area contributed by atoms with Crippen molar-refractivity contribution in [1.29, 1.82) is 0 Å². The maximum absolute atomic E-state index is 14.3. The second-order valence-corrected chi connectivity index (χ2v) is 6.40. The van der Waals surface area contributed by atoms with Crippen LogP contribution >= 0.6 is 0 Å². The quantitative estimate of drug-likeness (QED) is 0.822. The van der Waals surface area contributed by atoms with Gasteiger partial charge in [-0.3, -0.25) is 0 Å². The number of H-pyrrole nitrogens is 1. The highest BCUT2D eigenvalue weighted by molar-refractivity contribution is 6.62. The van der Waals surface area contributed by atoms with Crippen LogP contribution in [0.4, 0.5) is 8.78 Å². The van der Waals surface area contributed by atoms with Crippen molar-refractivity contribution in [3.8, 4) is 0 Å². The maximum Gasteiger partial charge on any atom is 0.498 e. The number of benzene rings is 1. The van der Waals surface area contributed by atoms with Gasteiger partial charge in [0.15, 0.2) is 11.6 Å². The molecule has 0 atom stereocenters. The van der Waals surface area contributed by atoms with Crippen molar-refractivity contribution in [2.75, 3.05) is 0 Å². The highest BCUT2D eigenvalue weighted by Gasteiger charge is 2.52. The van der Waals surface area contributed by atoms with Gasteiger partial charge in [-0.15, -0.1) is 0 Å². The molecule has 112 valence electrons. The molecule has 1 aliphatic rings. The van der Waals surface area contributed by atoms with E-state index in [-0.39, 0.29) is 11.0 Å². The summed E-state index contributed by atoms with van der Waals surface area (Å²) < 4.78 is 40.0. The second-order valence-electron chi connectivity index (χ2n) is 6.40. The topological polar surface area (TPSA) is 47.1 Å². The predicted molar refractivity (Wildman–Crippen MR) is 76.5 cm³/mol. The minimum atomic E-state index is -0.985. The Kier molecular flexibility index (Phi) is 2.94. The Labute approximate surface area is 122 Å². The molecular weight excluding hydrogens is 277 g/mol. The molecule has 2 aromatic rings. The van der Waals surface area contributed by atoms with E-state index >= 15 is 0 Å². The summed E-state index contributed by atoms with van der Waals surface area (Å²) in [4.78, 5) is 6.85. The highest BCUT2D eigenvalue weighted by Crippen LogP contribution is 2.37. The summed E-state index contributed by atoms with van der Waals surface area (Å²) in [7, 11) is -0.947. The number of nitrogens with one attached hydrogen (secondary N) is 1. The monoisotopic (exact) mass is 294 g/mol. The van der Waals surface area contributed by atoms with Crippen LogP contribution in [-0.4, -0.2) is 28.3 Å². The molecule has 4 nitrogen and oxygen atoms in total. The number of rotatable bonds is 1. The smallest absolute Gasteiger partial charge is 0.399 e. The first-order valence-corrected chi connectivity index (χ1v) is 6.82. The lowest BCUT2D eigenvalue weighted by atomic mass is 9.78. The molecular formula is C14H17BF2N2O2. The number of halogens is 2. The van der Waals surface area contributed by atoms with Crippen LogP contribution in [0.1, 0.15) is 33.5 Å². The van der Waals surface area contributed by atoms with Crippen LogP contribution in [0, 0.1) is 18.6 Å². The molecule has 0 bridgehead atoms. The van der Waals surface area contributed by atoms with E-state index in [1.54, 1.807) is 6.92 Å².